The molecular weight excluding hydrogens is 214 g/mol. The molecule has 0 fully saturated rings. The normalized spacial score (nSPS) is 13.5. The van der Waals surface area contributed by atoms with E-state index >= 15 is 0 Å². The molecule has 0 saturated heterocycles. The van der Waals surface area contributed by atoms with Crippen molar-refractivity contribution in [2.75, 3.05) is 6.61 Å². The highest BCUT2D eigenvalue weighted by Gasteiger charge is 2.28. The summed E-state index contributed by atoms with van der Waals surface area (Å²) in [6.07, 6.45) is 7.16. The lowest BCUT2D eigenvalue weighted by molar-refractivity contribution is -0.147. The first kappa shape index (κ1) is 16.4. The maximum absolute atomic E-state index is 11.6. The van der Waals surface area contributed by atoms with Gasteiger partial charge in [-0.3, -0.25) is 4.79 Å². The molecule has 0 amide bonds. The van der Waals surface area contributed by atoms with Crippen LogP contribution in [0.3, 0.4) is 0 Å². The highest BCUT2D eigenvalue weighted by Crippen LogP contribution is 2.18. The van der Waals surface area contributed by atoms with E-state index in [9.17, 15) is 4.79 Å². The number of hydrogen-bond acceptors (Lipinski definition) is 3. The van der Waals surface area contributed by atoms with Gasteiger partial charge in [-0.1, -0.05) is 59.8 Å². The first-order valence-corrected chi connectivity index (χ1v) is 6.81. The Bertz CT molecular complexity index is 209. The maximum Gasteiger partial charge on any atom is 0.323 e. The number of nitrogens with two attached hydrogens (primary N) is 1. The molecule has 0 aromatic carbocycles. The topological polar surface area (TPSA) is 52.3 Å². The Morgan fingerprint density at radius 3 is 2.18 bits per heavy atom. The second-order valence-corrected chi connectivity index (χ2v) is 5.78. The van der Waals surface area contributed by atoms with E-state index in [1.807, 2.05) is 20.8 Å². The quantitative estimate of drug-likeness (QED) is 0.526. The molecule has 0 saturated carbocycles. The van der Waals surface area contributed by atoms with Gasteiger partial charge in [-0.2, -0.15) is 0 Å². The van der Waals surface area contributed by atoms with Gasteiger partial charge < -0.3 is 10.5 Å². The van der Waals surface area contributed by atoms with Crippen LogP contribution >= 0.6 is 0 Å². The van der Waals surface area contributed by atoms with Gasteiger partial charge in [0, 0.05) is 0 Å². The number of ether oxygens (including phenoxy) is 1. The number of unbranched alkanes of at least 4 members (excludes halogenated alkanes) is 5. The Morgan fingerprint density at radius 2 is 1.65 bits per heavy atom. The lowest BCUT2D eigenvalue weighted by atomic mass is 9.87. The number of hydrogen-bond donors (Lipinski definition) is 1. The fourth-order valence-electron chi connectivity index (χ4n) is 1.50. The average Bonchev–Trinajstić information content (AvgIpc) is 2.25. The van der Waals surface area contributed by atoms with E-state index in [1.54, 1.807) is 0 Å². The van der Waals surface area contributed by atoms with Crippen molar-refractivity contribution < 1.29 is 9.53 Å². The second-order valence-electron chi connectivity index (χ2n) is 5.78. The van der Waals surface area contributed by atoms with Crippen LogP contribution in [0.4, 0.5) is 0 Å². The summed E-state index contributed by atoms with van der Waals surface area (Å²) in [5.74, 6) is -0.272. The van der Waals surface area contributed by atoms with E-state index < -0.39 is 6.04 Å². The summed E-state index contributed by atoms with van der Waals surface area (Å²) < 4.78 is 5.17. The number of rotatable bonds is 8. The summed E-state index contributed by atoms with van der Waals surface area (Å²) >= 11 is 0. The van der Waals surface area contributed by atoms with Gasteiger partial charge in [0.2, 0.25) is 0 Å². The molecule has 0 spiro atoms. The van der Waals surface area contributed by atoms with Crippen molar-refractivity contribution in [3.63, 3.8) is 0 Å². The van der Waals surface area contributed by atoms with Crippen LogP contribution in [-0.2, 0) is 9.53 Å². The average molecular weight is 243 g/mol. The molecule has 0 aliphatic carbocycles. The Hall–Kier alpha value is -0.570. The summed E-state index contributed by atoms with van der Waals surface area (Å²) in [7, 11) is 0. The standard InChI is InChI=1S/C14H29NO2/c1-5-6-7-8-9-10-11-17-13(16)12(15)14(2,3)4/h12H,5-11,15H2,1-4H3. The maximum atomic E-state index is 11.6. The van der Waals surface area contributed by atoms with Crippen LogP contribution in [0.2, 0.25) is 0 Å². The third kappa shape index (κ3) is 8.19. The highest BCUT2D eigenvalue weighted by atomic mass is 16.5. The van der Waals surface area contributed by atoms with Gasteiger partial charge in [-0.05, 0) is 11.8 Å². The Labute approximate surface area is 106 Å². The molecule has 0 aliphatic rings. The minimum atomic E-state index is -0.525. The minimum Gasteiger partial charge on any atom is -0.465 e. The third-order valence-electron chi connectivity index (χ3n) is 2.93. The minimum absolute atomic E-state index is 0.224. The molecule has 0 heterocycles. The molecule has 102 valence electrons. The molecule has 3 nitrogen and oxygen atoms in total. The molecule has 0 bridgehead atoms. The van der Waals surface area contributed by atoms with Crippen LogP contribution in [0.1, 0.15) is 66.2 Å². The molecular formula is C14H29NO2. The predicted molar refractivity (Wildman–Crippen MR) is 71.8 cm³/mol. The van der Waals surface area contributed by atoms with Gasteiger partial charge in [-0.25, -0.2) is 0 Å². The van der Waals surface area contributed by atoms with Crippen molar-refractivity contribution in [3.05, 3.63) is 0 Å². The fourth-order valence-corrected chi connectivity index (χ4v) is 1.50. The van der Waals surface area contributed by atoms with E-state index in [0.717, 1.165) is 12.8 Å². The van der Waals surface area contributed by atoms with Crippen LogP contribution in [0.25, 0.3) is 0 Å². The van der Waals surface area contributed by atoms with Crippen LogP contribution < -0.4 is 5.73 Å². The molecule has 17 heavy (non-hydrogen) atoms. The number of carbonyl (C=O) groups is 1. The Kier molecular flexibility index (Phi) is 8.23. The smallest absolute Gasteiger partial charge is 0.323 e. The molecule has 2 N–H and O–H groups in total. The molecule has 1 unspecified atom stereocenters. The molecule has 0 rings (SSSR count). The second kappa shape index (κ2) is 8.51. The van der Waals surface area contributed by atoms with Gasteiger partial charge in [0.1, 0.15) is 6.04 Å². The molecule has 3 heteroatoms. The summed E-state index contributed by atoms with van der Waals surface area (Å²) in [5, 5.41) is 0. The van der Waals surface area contributed by atoms with E-state index in [4.69, 9.17) is 10.5 Å². The zero-order valence-corrected chi connectivity index (χ0v) is 11.9. The van der Waals surface area contributed by atoms with E-state index in [2.05, 4.69) is 6.92 Å². The predicted octanol–water partition coefficient (Wildman–Crippen LogP) is 3.26. The first-order chi connectivity index (χ1) is 7.89. The SMILES string of the molecule is CCCCCCCCOC(=O)C(N)C(C)(C)C. The third-order valence-corrected chi connectivity index (χ3v) is 2.93. The van der Waals surface area contributed by atoms with Gasteiger partial charge in [0.25, 0.3) is 0 Å². The highest BCUT2D eigenvalue weighted by molar-refractivity contribution is 5.76. The van der Waals surface area contributed by atoms with Gasteiger partial charge in [-0.15, -0.1) is 0 Å². The van der Waals surface area contributed by atoms with Crippen LogP contribution in [0.5, 0.6) is 0 Å². The van der Waals surface area contributed by atoms with Crippen molar-refractivity contribution in [2.45, 2.75) is 72.3 Å². The number of carbonyl (C=O) groups excluding carboxylic acids is 1. The van der Waals surface area contributed by atoms with Gasteiger partial charge in [0.15, 0.2) is 0 Å². The van der Waals surface area contributed by atoms with Crippen molar-refractivity contribution >= 4 is 5.97 Å². The lowest BCUT2D eigenvalue weighted by Gasteiger charge is -2.24. The van der Waals surface area contributed by atoms with Crippen molar-refractivity contribution in [2.24, 2.45) is 11.1 Å². The summed E-state index contributed by atoms with van der Waals surface area (Å²) in [6, 6.07) is -0.525. The molecule has 0 radical (unpaired) electrons. The van der Waals surface area contributed by atoms with E-state index in [0.29, 0.717) is 6.61 Å². The Balaban J connectivity index is 3.52. The zero-order chi connectivity index (χ0) is 13.3. The van der Waals surface area contributed by atoms with Crippen LogP contribution in [0, 0.1) is 5.41 Å². The summed E-state index contributed by atoms with van der Waals surface area (Å²) in [5.41, 5.74) is 5.58. The van der Waals surface area contributed by atoms with Crippen molar-refractivity contribution in [1.29, 1.82) is 0 Å². The first-order valence-electron chi connectivity index (χ1n) is 6.81. The molecule has 0 aromatic rings. The fraction of sp³-hybridized carbons (Fsp3) is 0.929. The van der Waals surface area contributed by atoms with Crippen molar-refractivity contribution in [1.82, 2.24) is 0 Å². The van der Waals surface area contributed by atoms with Crippen LogP contribution in [-0.4, -0.2) is 18.6 Å². The zero-order valence-electron chi connectivity index (χ0n) is 11.9. The monoisotopic (exact) mass is 243 g/mol. The van der Waals surface area contributed by atoms with Gasteiger partial charge >= 0.3 is 5.97 Å². The molecule has 0 aromatic heterocycles. The largest absolute Gasteiger partial charge is 0.465 e. The van der Waals surface area contributed by atoms with Crippen molar-refractivity contribution in [3.8, 4) is 0 Å². The van der Waals surface area contributed by atoms with Gasteiger partial charge in [0.05, 0.1) is 6.61 Å². The Morgan fingerprint density at radius 1 is 1.12 bits per heavy atom. The lowest BCUT2D eigenvalue weighted by Crippen LogP contribution is -2.43. The van der Waals surface area contributed by atoms with E-state index in [-0.39, 0.29) is 11.4 Å². The molecule has 0 aliphatic heterocycles. The van der Waals surface area contributed by atoms with Crippen LogP contribution in [0.15, 0.2) is 0 Å². The number of esters is 1. The summed E-state index contributed by atoms with van der Waals surface area (Å²) in [6.45, 7) is 8.56. The molecule has 1 atom stereocenters. The van der Waals surface area contributed by atoms with E-state index in [1.165, 1.54) is 25.7 Å². The summed E-state index contributed by atoms with van der Waals surface area (Å²) in [4.78, 5) is 11.6.